The van der Waals surface area contributed by atoms with E-state index in [9.17, 15) is 18.0 Å². The third kappa shape index (κ3) is 5.96. The Labute approximate surface area is 181 Å². The van der Waals surface area contributed by atoms with Gasteiger partial charge in [0.25, 0.3) is 0 Å². The Morgan fingerprint density at radius 3 is 2.39 bits per heavy atom. The van der Waals surface area contributed by atoms with E-state index in [1.165, 1.54) is 38.2 Å². The smallest absolute Gasteiger partial charge is 0.243 e. The van der Waals surface area contributed by atoms with Crippen molar-refractivity contribution in [2.75, 3.05) is 38.7 Å². The van der Waals surface area contributed by atoms with E-state index in [4.69, 9.17) is 9.47 Å². The first-order valence-corrected chi connectivity index (χ1v) is 11.2. The Hall–Kier alpha value is -3.11. The van der Waals surface area contributed by atoms with Gasteiger partial charge in [-0.2, -0.15) is 4.31 Å². The molecule has 2 amide bonds. The fraction of sp³-hybridized carbons (Fsp3) is 0.333. The summed E-state index contributed by atoms with van der Waals surface area (Å²) in [5.41, 5.74) is 1.47. The van der Waals surface area contributed by atoms with Crippen LogP contribution in [0.15, 0.2) is 47.4 Å². The number of amides is 2. The molecule has 2 aromatic rings. The Morgan fingerprint density at radius 2 is 1.71 bits per heavy atom. The molecule has 0 aromatic heterocycles. The zero-order valence-electron chi connectivity index (χ0n) is 17.4. The summed E-state index contributed by atoms with van der Waals surface area (Å²) < 4.78 is 37.3. The third-order valence-electron chi connectivity index (χ3n) is 4.59. The minimum Gasteiger partial charge on any atom is -0.486 e. The maximum atomic E-state index is 12.7. The molecule has 9 nitrogen and oxygen atoms in total. The lowest BCUT2D eigenvalue weighted by Crippen LogP contribution is -2.39. The molecule has 166 valence electrons. The third-order valence-corrected chi connectivity index (χ3v) is 6.41. The van der Waals surface area contributed by atoms with Gasteiger partial charge in [0.05, 0.1) is 11.4 Å². The van der Waals surface area contributed by atoms with Crippen LogP contribution in [0.4, 0.5) is 5.69 Å². The average molecular weight is 448 g/mol. The Kier molecular flexibility index (Phi) is 7.13. The molecule has 2 N–H and O–H groups in total. The highest BCUT2D eigenvalue weighted by Gasteiger charge is 2.23. The molecule has 0 atom stereocenters. The van der Waals surface area contributed by atoms with Crippen molar-refractivity contribution in [3.05, 3.63) is 48.0 Å². The van der Waals surface area contributed by atoms with Crippen molar-refractivity contribution in [1.29, 1.82) is 0 Å². The highest BCUT2D eigenvalue weighted by Crippen LogP contribution is 2.30. The molecule has 0 saturated heterocycles. The average Bonchev–Trinajstić information content (AvgIpc) is 2.73. The molecule has 10 heteroatoms. The van der Waals surface area contributed by atoms with Crippen LogP contribution >= 0.6 is 0 Å². The van der Waals surface area contributed by atoms with Gasteiger partial charge in [-0.25, -0.2) is 8.42 Å². The molecule has 0 spiro atoms. The zero-order valence-corrected chi connectivity index (χ0v) is 18.2. The predicted molar refractivity (Wildman–Crippen MR) is 115 cm³/mol. The summed E-state index contributed by atoms with van der Waals surface area (Å²) in [6.07, 6.45) is 0.573. The van der Waals surface area contributed by atoms with E-state index in [1.807, 2.05) is 18.2 Å². The molecule has 0 radical (unpaired) electrons. The number of carbonyl (C=O) groups is 2. The van der Waals surface area contributed by atoms with Gasteiger partial charge >= 0.3 is 0 Å². The number of nitrogens with zero attached hydrogens (tertiary/aromatic N) is 1. The van der Waals surface area contributed by atoms with E-state index in [-0.39, 0.29) is 17.3 Å². The molecule has 1 heterocycles. The lowest BCUT2D eigenvalue weighted by Gasteiger charge is -2.19. The summed E-state index contributed by atoms with van der Waals surface area (Å²) in [5.74, 6) is 0.737. The summed E-state index contributed by atoms with van der Waals surface area (Å²) in [5, 5.41) is 5.30. The van der Waals surface area contributed by atoms with Gasteiger partial charge < -0.3 is 20.1 Å². The summed E-state index contributed by atoms with van der Waals surface area (Å²) in [7, 11) is -2.49. The molecule has 2 aromatic carbocycles. The molecule has 0 unspecified atom stereocenters. The number of hydrogen-bond donors (Lipinski definition) is 2. The lowest BCUT2D eigenvalue weighted by atomic mass is 10.1. The predicted octanol–water partition coefficient (Wildman–Crippen LogP) is 1.40. The highest BCUT2D eigenvalue weighted by atomic mass is 32.2. The second-order valence-corrected chi connectivity index (χ2v) is 9.09. The van der Waals surface area contributed by atoms with Gasteiger partial charge in [-0.15, -0.1) is 0 Å². The fourth-order valence-corrected chi connectivity index (χ4v) is 4.15. The highest BCUT2D eigenvalue weighted by molar-refractivity contribution is 7.89. The zero-order chi connectivity index (χ0) is 22.4. The van der Waals surface area contributed by atoms with Crippen molar-refractivity contribution in [2.45, 2.75) is 18.2 Å². The van der Waals surface area contributed by atoms with Crippen molar-refractivity contribution in [3.8, 4) is 11.5 Å². The van der Waals surface area contributed by atoms with Crippen LogP contribution in [0.25, 0.3) is 0 Å². The van der Waals surface area contributed by atoms with Gasteiger partial charge in [0.15, 0.2) is 11.5 Å². The molecular formula is C21H25N3O6S. The van der Waals surface area contributed by atoms with E-state index >= 15 is 0 Å². The number of carbonyl (C=O) groups excluding carboxylic acids is 2. The molecule has 0 saturated carbocycles. The summed E-state index contributed by atoms with van der Waals surface area (Å²) >= 11 is 0. The number of likely N-dealkylation sites (N-methyl/N-ethyl adjacent to an activating group) is 1. The number of nitrogens with one attached hydrogen (secondary N) is 2. The van der Waals surface area contributed by atoms with E-state index in [0.29, 0.717) is 43.4 Å². The topological polar surface area (TPSA) is 114 Å². The van der Waals surface area contributed by atoms with Gasteiger partial charge in [0.1, 0.15) is 13.2 Å². The monoisotopic (exact) mass is 447 g/mol. The SMILES string of the molecule is CC(=O)Nc1ccc(S(=O)(=O)N(C)CC(=O)NCCc2ccc3c(c2)OCCO3)cc1. The molecule has 3 rings (SSSR count). The molecule has 0 bridgehead atoms. The summed E-state index contributed by atoms with van der Waals surface area (Å²) in [4.78, 5) is 23.3. The molecule has 1 aliphatic rings. The maximum absolute atomic E-state index is 12.7. The first kappa shape index (κ1) is 22.6. The van der Waals surface area contributed by atoms with Crippen LogP contribution in [0.1, 0.15) is 12.5 Å². The van der Waals surface area contributed by atoms with E-state index in [2.05, 4.69) is 10.6 Å². The molecule has 0 fully saturated rings. The first-order chi connectivity index (χ1) is 14.8. The van der Waals surface area contributed by atoms with Gasteiger partial charge in [-0.3, -0.25) is 9.59 Å². The first-order valence-electron chi connectivity index (χ1n) is 9.75. The number of sulfonamides is 1. The lowest BCUT2D eigenvalue weighted by molar-refractivity contribution is -0.121. The fourth-order valence-electron chi connectivity index (χ4n) is 3.03. The van der Waals surface area contributed by atoms with Gasteiger partial charge in [-0.05, 0) is 48.4 Å². The maximum Gasteiger partial charge on any atom is 0.243 e. The number of fused-ring (bicyclic) bond motifs is 1. The van der Waals surface area contributed by atoms with Gasteiger partial charge in [0, 0.05) is 26.2 Å². The number of hydrogen-bond acceptors (Lipinski definition) is 6. The quantitative estimate of drug-likeness (QED) is 0.632. The van der Waals surface area contributed by atoms with Crippen molar-refractivity contribution >= 4 is 27.5 Å². The van der Waals surface area contributed by atoms with Crippen LogP contribution in [0.2, 0.25) is 0 Å². The standard InChI is InChI=1S/C21H25N3O6S/c1-15(25)23-17-4-6-18(7-5-17)31(27,28)24(2)14-21(26)22-10-9-16-3-8-19-20(13-16)30-12-11-29-19/h3-8,13H,9-12,14H2,1-2H3,(H,22,26)(H,23,25). The van der Waals surface area contributed by atoms with Crippen LogP contribution in [-0.4, -0.2) is 57.9 Å². The van der Waals surface area contributed by atoms with Crippen molar-refractivity contribution in [1.82, 2.24) is 9.62 Å². The second-order valence-electron chi connectivity index (χ2n) is 7.04. The number of benzene rings is 2. The van der Waals surface area contributed by atoms with Crippen molar-refractivity contribution in [2.24, 2.45) is 0 Å². The van der Waals surface area contributed by atoms with Gasteiger partial charge in [-0.1, -0.05) is 6.07 Å². The van der Waals surface area contributed by atoms with Crippen LogP contribution in [0.5, 0.6) is 11.5 Å². The van der Waals surface area contributed by atoms with Crippen LogP contribution in [0.3, 0.4) is 0 Å². The number of ether oxygens (including phenoxy) is 2. The number of rotatable bonds is 8. The molecule has 31 heavy (non-hydrogen) atoms. The summed E-state index contributed by atoms with van der Waals surface area (Å²) in [6.45, 7) is 2.45. The Morgan fingerprint density at radius 1 is 1.03 bits per heavy atom. The molecular weight excluding hydrogens is 422 g/mol. The summed E-state index contributed by atoms with van der Waals surface area (Å²) in [6, 6.07) is 11.4. The Bertz CT molecular complexity index is 1050. The molecule has 0 aliphatic carbocycles. The van der Waals surface area contributed by atoms with E-state index in [0.717, 1.165) is 9.87 Å². The van der Waals surface area contributed by atoms with Crippen LogP contribution in [0, 0.1) is 0 Å². The minimum absolute atomic E-state index is 0.0354. The van der Waals surface area contributed by atoms with E-state index in [1.54, 1.807) is 0 Å². The second kappa shape index (κ2) is 9.80. The largest absolute Gasteiger partial charge is 0.486 e. The van der Waals surface area contributed by atoms with E-state index < -0.39 is 15.9 Å². The number of anilines is 1. The Balaban J connectivity index is 1.50. The molecule has 1 aliphatic heterocycles. The van der Waals surface area contributed by atoms with Crippen molar-refractivity contribution < 1.29 is 27.5 Å². The van der Waals surface area contributed by atoms with Crippen LogP contribution in [-0.2, 0) is 26.0 Å². The minimum atomic E-state index is -3.84. The normalized spacial score (nSPS) is 13.0. The van der Waals surface area contributed by atoms with Crippen molar-refractivity contribution in [3.63, 3.8) is 0 Å². The van der Waals surface area contributed by atoms with Crippen LogP contribution < -0.4 is 20.1 Å². The van der Waals surface area contributed by atoms with Gasteiger partial charge in [0.2, 0.25) is 21.8 Å².